The van der Waals surface area contributed by atoms with Gasteiger partial charge in [0.15, 0.2) is 0 Å². The molecular formula is C24H24BrN5O5S. The predicted molar refractivity (Wildman–Crippen MR) is 133 cm³/mol. The fourth-order valence-corrected chi connectivity index (χ4v) is 6.03. The highest BCUT2D eigenvalue weighted by Gasteiger charge is 2.35. The van der Waals surface area contributed by atoms with Crippen LogP contribution in [0, 0.1) is 11.3 Å². The van der Waals surface area contributed by atoms with Gasteiger partial charge in [0.05, 0.1) is 41.1 Å². The van der Waals surface area contributed by atoms with Gasteiger partial charge in [0.1, 0.15) is 17.2 Å². The number of fused-ring (bicyclic) bond motifs is 1. The molecule has 1 aromatic carbocycles. The minimum Gasteiger partial charge on any atom is -0.465 e. The molecule has 0 N–H and O–H groups in total. The summed E-state index contributed by atoms with van der Waals surface area (Å²) in [5.41, 5.74) is 2.12. The van der Waals surface area contributed by atoms with Crippen molar-refractivity contribution >= 4 is 31.9 Å². The predicted octanol–water partition coefficient (Wildman–Crippen LogP) is 3.97. The fraction of sp³-hybridized carbons (Fsp3) is 0.333. The maximum absolute atomic E-state index is 13.5. The minimum absolute atomic E-state index is 0.00934. The number of sulfonamides is 1. The number of hydrogen-bond acceptors (Lipinski definition) is 8. The van der Waals surface area contributed by atoms with Gasteiger partial charge in [-0.15, -0.1) is 0 Å². The second-order valence-electron chi connectivity index (χ2n) is 8.13. The summed E-state index contributed by atoms with van der Waals surface area (Å²) in [6.45, 7) is 2.02. The van der Waals surface area contributed by atoms with Crippen LogP contribution in [0.15, 0.2) is 52.1 Å². The van der Waals surface area contributed by atoms with E-state index in [2.05, 4.69) is 26.0 Å². The quantitative estimate of drug-likeness (QED) is 0.370. The number of carbonyl (C=O) groups is 1. The summed E-state index contributed by atoms with van der Waals surface area (Å²) < 4.78 is 41.0. The monoisotopic (exact) mass is 573 g/mol. The first-order valence-electron chi connectivity index (χ1n) is 11.3. The van der Waals surface area contributed by atoms with Crippen LogP contribution in [0.3, 0.4) is 0 Å². The molecular weight excluding hydrogens is 550 g/mol. The molecule has 0 aliphatic heterocycles. The van der Waals surface area contributed by atoms with E-state index in [9.17, 15) is 13.2 Å². The number of nitrogens with zero attached hydrogens (tertiary/aromatic N) is 5. The van der Waals surface area contributed by atoms with E-state index in [4.69, 9.17) is 14.7 Å². The van der Waals surface area contributed by atoms with E-state index in [1.54, 1.807) is 42.1 Å². The van der Waals surface area contributed by atoms with Crippen LogP contribution in [0.5, 0.6) is 11.6 Å². The first-order chi connectivity index (χ1) is 17.2. The van der Waals surface area contributed by atoms with Crippen LogP contribution in [0.2, 0.25) is 0 Å². The summed E-state index contributed by atoms with van der Waals surface area (Å²) in [5, 5.41) is 13.2. The number of rotatable bonds is 8. The van der Waals surface area contributed by atoms with Crippen LogP contribution in [0.4, 0.5) is 0 Å². The highest BCUT2D eigenvalue weighted by molar-refractivity contribution is 9.10. The van der Waals surface area contributed by atoms with Gasteiger partial charge in [-0.1, -0.05) is 0 Å². The largest absolute Gasteiger partial charge is 0.465 e. The van der Waals surface area contributed by atoms with Crippen LogP contribution >= 0.6 is 15.9 Å². The normalized spacial score (nSPS) is 15.2. The summed E-state index contributed by atoms with van der Waals surface area (Å²) in [7, 11) is -2.37. The van der Waals surface area contributed by atoms with Crippen molar-refractivity contribution in [3.63, 3.8) is 0 Å². The van der Waals surface area contributed by atoms with Crippen LogP contribution in [-0.4, -0.2) is 47.1 Å². The van der Waals surface area contributed by atoms with E-state index in [1.807, 2.05) is 6.07 Å². The molecule has 0 saturated heterocycles. The number of esters is 1. The molecule has 188 valence electrons. The standard InChI is InChI=1S/C24H24BrN5O5S/c1-3-34-23(31)15-30-22-6-4-5-21(19(22)14-28-30)29(2)36(32,33)18-11-20(25)24(27-13-18)35-17-9-7-16(12-26)8-10-17/h7-11,13-14,21H,3-6,15H2,1-2H3/t21-/m1/s1. The number of halogens is 1. The average molecular weight is 574 g/mol. The Labute approximate surface area is 217 Å². The molecule has 12 heteroatoms. The Morgan fingerprint density at radius 3 is 2.72 bits per heavy atom. The second-order valence-corrected chi connectivity index (χ2v) is 11.0. The van der Waals surface area contributed by atoms with Crippen molar-refractivity contribution in [1.29, 1.82) is 5.26 Å². The van der Waals surface area contributed by atoms with Gasteiger partial charge in [0, 0.05) is 18.3 Å². The first kappa shape index (κ1) is 25.8. The maximum Gasteiger partial charge on any atom is 0.327 e. The zero-order valence-corrected chi connectivity index (χ0v) is 22.1. The van der Waals surface area contributed by atoms with Gasteiger partial charge < -0.3 is 9.47 Å². The van der Waals surface area contributed by atoms with Crippen molar-refractivity contribution < 1.29 is 22.7 Å². The van der Waals surface area contributed by atoms with Crippen molar-refractivity contribution in [3.8, 4) is 17.7 Å². The lowest BCUT2D eigenvalue weighted by molar-refractivity contribution is -0.144. The molecule has 4 rings (SSSR count). The lowest BCUT2D eigenvalue weighted by Gasteiger charge is -2.30. The highest BCUT2D eigenvalue weighted by atomic mass is 79.9. The molecule has 0 bridgehead atoms. The van der Waals surface area contributed by atoms with Crippen molar-refractivity contribution in [3.05, 3.63) is 64.0 Å². The second kappa shape index (κ2) is 10.8. The van der Waals surface area contributed by atoms with Crippen LogP contribution in [-0.2, 0) is 32.5 Å². The number of nitriles is 1. The molecule has 0 unspecified atom stereocenters. The van der Waals surface area contributed by atoms with E-state index >= 15 is 0 Å². The molecule has 2 heterocycles. The summed E-state index contributed by atoms with van der Waals surface area (Å²) in [4.78, 5) is 16.1. The topological polar surface area (TPSA) is 127 Å². The number of aromatic nitrogens is 3. The Bertz CT molecular complexity index is 1420. The molecule has 0 amide bonds. The Morgan fingerprint density at radius 2 is 2.06 bits per heavy atom. The molecule has 2 aromatic heterocycles. The van der Waals surface area contributed by atoms with Gasteiger partial charge in [0.2, 0.25) is 15.9 Å². The maximum atomic E-state index is 13.5. The van der Waals surface area contributed by atoms with Crippen molar-refractivity contribution in [2.45, 2.75) is 43.7 Å². The summed E-state index contributed by atoms with van der Waals surface area (Å²) in [6.07, 6.45) is 4.97. The van der Waals surface area contributed by atoms with E-state index < -0.39 is 16.1 Å². The summed E-state index contributed by atoms with van der Waals surface area (Å²) >= 11 is 3.36. The number of carbonyl (C=O) groups excluding carboxylic acids is 1. The average Bonchev–Trinajstić information content (AvgIpc) is 3.28. The molecule has 36 heavy (non-hydrogen) atoms. The van der Waals surface area contributed by atoms with Crippen LogP contribution in [0.25, 0.3) is 0 Å². The third-order valence-corrected chi connectivity index (χ3v) is 8.31. The number of pyridine rings is 1. The molecule has 0 fully saturated rings. The summed E-state index contributed by atoms with van der Waals surface area (Å²) in [6, 6.07) is 9.55. The van der Waals surface area contributed by atoms with E-state index in [-0.39, 0.29) is 29.9 Å². The van der Waals surface area contributed by atoms with Gasteiger partial charge in [0.25, 0.3) is 0 Å². The SMILES string of the molecule is CCOC(=O)Cn1ncc2c1CCC[C@H]2N(C)S(=O)(=O)c1cnc(Oc2ccc(C#N)cc2)c(Br)c1. The molecule has 3 aromatic rings. The number of ether oxygens (including phenoxy) is 2. The van der Waals surface area contributed by atoms with Crippen molar-refractivity contribution in [2.75, 3.05) is 13.7 Å². The van der Waals surface area contributed by atoms with Gasteiger partial charge >= 0.3 is 5.97 Å². The molecule has 1 atom stereocenters. The third-order valence-electron chi connectivity index (χ3n) is 5.91. The first-order valence-corrected chi connectivity index (χ1v) is 13.5. The van der Waals surface area contributed by atoms with Crippen molar-refractivity contribution in [2.24, 2.45) is 0 Å². The number of hydrogen-bond donors (Lipinski definition) is 0. The molecule has 0 saturated carbocycles. The zero-order valence-electron chi connectivity index (χ0n) is 19.7. The Morgan fingerprint density at radius 1 is 1.31 bits per heavy atom. The van der Waals surface area contributed by atoms with Crippen LogP contribution < -0.4 is 4.74 Å². The molecule has 0 spiro atoms. The highest BCUT2D eigenvalue weighted by Crippen LogP contribution is 2.37. The lowest BCUT2D eigenvalue weighted by atomic mass is 9.93. The number of benzene rings is 1. The Kier molecular flexibility index (Phi) is 7.73. The summed E-state index contributed by atoms with van der Waals surface area (Å²) in [5.74, 6) is 0.275. The van der Waals surface area contributed by atoms with Gasteiger partial charge in [-0.3, -0.25) is 9.48 Å². The molecule has 1 aliphatic carbocycles. The Balaban J connectivity index is 1.55. The van der Waals surface area contributed by atoms with Crippen molar-refractivity contribution in [1.82, 2.24) is 19.1 Å². The van der Waals surface area contributed by atoms with E-state index in [0.717, 1.165) is 17.7 Å². The minimum atomic E-state index is -3.90. The molecule has 0 radical (unpaired) electrons. The zero-order chi connectivity index (χ0) is 25.9. The van der Waals surface area contributed by atoms with Gasteiger partial charge in [-0.2, -0.15) is 14.7 Å². The van der Waals surface area contributed by atoms with Crippen LogP contribution in [0.1, 0.15) is 42.6 Å². The van der Waals surface area contributed by atoms with E-state index in [0.29, 0.717) is 28.6 Å². The lowest BCUT2D eigenvalue weighted by Crippen LogP contribution is -2.33. The third kappa shape index (κ3) is 5.28. The fourth-order valence-electron chi connectivity index (χ4n) is 4.10. The Hall–Kier alpha value is -3.27. The molecule has 10 nitrogen and oxygen atoms in total. The van der Waals surface area contributed by atoms with Gasteiger partial charge in [-0.05, 0) is 72.4 Å². The van der Waals surface area contributed by atoms with Gasteiger partial charge in [-0.25, -0.2) is 13.4 Å². The smallest absolute Gasteiger partial charge is 0.327 e. The molecule has 1 aliphatic rings. The van der Waals surface area contributed by atoms with E-state index in [1.165, 1.54) is 23.6 Å².